The van der Waals surface area contributed by atoms with Gasteiger partial charge in [0.05, 0.1) is 16.3 Å². The molecule has 5 nitrogen and oxygen atoms in total. The van der Waals surface area contributed by atoms with Gasteiger partial charge in [-0.1, -0.05) is 18.5 Å². The van der Waals surface area contributed by atoms with E-state index in [-0.39, 0.29) is 16.3 Å². The molecule has 0 aliphatic rings. The first-order valence-electron chi connectivity index (χ1n) is 8.18. The largest absolute Gasteiger partial charge is 0.364 e. The molecule has 2 N–H and O–H groups in total. The predicted octanol–water partition coefficient (Wildman–Crippen LogP) is 4.08. The zero-order valence-electron chi connectivity index (χ0n) is 14.9. The number of rotatable bonds is 6. The van der Waals surface area contributed by atoms with Gasteiger partial charge in [0.1, 0.15) is 5.82 Å². The Balaban J connectivity index is 2.22. The van der Waals surface area contributed by atoms with E-state index < -0.39 is 35.3 Å². The van der Waals surface area contributed by atoms with Gasteiger partial charge in [-0.05, 0) is 37.6 Å². The Bertz CT molecular complexity index is 868. The summed E-state index contributed by atoms with van der Waals surface area (Å²) in [5, 5.41) is 4.49. The fraction of sp³-hybridized carbons (Fsp3) is 0.333. The van der Waals surface area contributed by atoms with Crippen LogP contribution < -0.4 is 10.6 Å². The number of aryl methyl sites for hydroxylation is 1. The van der Waals surface area contributed by atoms with E-state index in [4.69, 9.17) is 11.6 Å². The monoisotopic (exact) mass is 401 g/mol. The molecule has 0 fully saturated rings. The maximum atomic E-state index is 14.5. The Labute approximate surface area is 159 Å². The summed E-state index contributed by atoms with van der Waals surface area (Å²) in [6.45, 7) is 3.38. The van der Waals surface area contributed by atoms with E-state index >= 15 is 0 Å². The van der Waals surface area contributed by atoms with Crippen LogP contribution in [0.3, 0.4) is 0 Å². The van der Waals surface area contributed by atoms with Crippen LogP contribution in [-0.2, 0) is 17.8 Å². The molecule has 0 aliphatic heterocycles. The van der Waals surface area contributed by atoms with Gasteiger partial charge in [0.25, 0.3) is 11.8 Å². The minimum absolute atomic E-state index is 0.0797. The molecule has 1 unspecified atom stereocenters. The Morgan fingerprint density at radius 2 is 1.96 bits per heavy atom. The van der Waals surface area contributed by atoms with E-state index in [1.807, 2.05) is 0 Å². The van der Waals surface area contributed by atoms with Crippen molar-refractivity contribution in [3.63, 3.8) is 0 Å². The van der Waals surface area contributed by atoms with Crippen molar-refractivity contribution in [2.45, 2.75) is 32.2 Å². The Morgan fingerprint density at radius 3 is 2.56 bits per heavy atom. The number of nitrogens with one attached hydrogen (secondary N) is 2. The van der Waals surface area contributed by atoms with Crippen molar-refractivity contribution in [1.82, 2.24) is 9.88 Å². The maximum Gasteiger partial charge on any atom is 0.364 e. The minimum Gasteiger partial charge on any atom is -0.348 e. The van der Waals surface area contributed by atoms with Crippen LogP contribution in [0.1, 0.15) is 36.3 Å². The lowest BCUT2D eigenvalue weighted by Gasteiger charge is -2.19. The smallest absolute Gasteiger partial charge is 0.348 e. The standard InChI is InChI=1S/C18H19ClF3N3O2/c1-4-10(2)23-17(27)18(21,22)15-7-11(9-25(15)3)16(26)24-12-5-6-14(20)13(19)8-12/h5-10H,4H2,1-3H3,(H,23,27)(H,24,26). The molecular weight excluding hydrogens is 383 g/mol. The fourth-order valence-electron chi connectivity index (χ4n) is 2.31. The summed E-state index contributed by atoms with van der Waals surface area (Å²) in [4.78, 5) is 24.2. The van der Waals surface area contributed by atoms with Crippen molar-refractivity contribution in [1.29, 1.82) is 0 Å². The molecular formula is C18H19ClF3N3O2. The Morgan fingerprint density at radius 1 is 1.30 bits per heavy atom. The van der Waals surface area contributed by atoms with E-state index in [2.05, 4.69) is 10.6 Å². The number of hydrogen-bond donors (Lipinski definition) is 2. The number of nitrogens with zero attached hydrogens (tertiary/aromatic N) is 1. The quantitative estimate of drug-likeness (QED) is 0.766. The molecule has 9 heteroatoms. The number of benzene rings is 1. The number of carbonyl (C=O) groups is 2. The summed E-state index contributed by atoms with van der Waals surface area (Å²) in [7, 11) is 1.31. The second kappa shape index (κ2) is 8.04. The summed E-state index contributed by atoms with van der Waals surface area (Å²) in [5.74, 6) is -6.59. The Kier molecular flexibility index (Phi) is 6.20. The number of amides is 2. The van der Waals surface area contributed by atoms with Gasteiger partial charge < -0.3 is 15.2 Å². The van der Waals surface area contributed by atoms with Crippen molar-refractivity contribution < 1.29 is 22.8 Å². The number of anilines is 1. The van der Waals surface area contributed by atoms with Crippen LogP contribution in [0.5, 0.6) is 0 Å². The van der Waals surface area contributed by atoms with Gasteiger partial charge in [0.2, 0.25) is 0 Å². The summed E-state index contributed by atoms with van der Waals surface area (Å²) in [6, 6.07) is 4.09. The summed E-state index contributed by atoms with van der Waals surface area (Å²) < 4.78 is 43.2. The van der Waals surface area contributed by atoms with E-state index in [1.165, 1.54) is 25.4 Å². The van der Waals surface area contributed by atoms with E-state index in [1.54, 1.807) is 13.8 Å². The van der Waals surface area contributed by atoms with Gasteiger partial charge in [-0.3, -0.25) is 9.59 Å². The third kappa shape index (κ3) is 4.63. The van der Waals surface area contributed by atoms with Crippen LogP contribution in [0.2, 0.25) is 5.02 Å². The highest BCUT2D eigenvalue weighted by Crippen LogP contribution is 2.30. The lowest BCUT2D eigenvalue weighted by molar-refractivity contribution is -0.148. The third-order valence-corrected chi connectivity index (χ3v) is 4.33. The molecule has 0 radical (unpaired) electrons. The number of aromatic nitrogens is 1. The Hall–Kier alpha value is -2.48. The molecule has 146 valence electrons. The van der Waals surface area contributed by atoms with Gasteiger partial charge in [0, 0.05) is 25.0 Å². The second-order valence-electron chi connectivity index (χ2n) is 6.17. The van der Waals surface area contributed by atoms with Crippen LogP contribution in [0, 0.1) is 5.82 Å². The lowest BCUT2D eigenvalue weighted by atomic mass is 10.1. The van der Waals surface area contributed by atoms with E-state index in [0.717, 1.165) is 16.7 Å². The van der Waals surface area contributed by atoms with Crippen LogP contribution in [0.25, 0.3) is 0 Å². The molecule has 1 aromatic heterocycles. The van der Waals surface area contributed by atoms with Crippen molar-refractivity contribution in [3.8, 4) is 0 Å². The average molecular weight is 402 g/mol. The molecule has 2 aromatic rings. The van der Waals surface area contributed by atoms with Gasteiger partial charge in [-0.15, -0.1) is 0 Å². The lowest BCUT2D eigenvalue weighted by Crippen LogP contribution is -2.43. The molecule has 27 heavy (non-hydrogen) atoms. The van der Waals surface area contributed by atoms with Crippen molar-refractivity contribution in [3.05, 3.63) is 52.6 Å². The molecule has 1 heterocycles. The first-order valence-corrected chi connectivity index (χ1v) is 8.56. The summed E-state index contributed by atoms with van der Waals surface area (Å²) >= 11 is 5.65. The second-order valence-corrected chi connectivity index (χ2v) is 6.57. The molecule has 2 rings (SSSR count). The molecule has 1 atom stereocenters. The van der Waals surface area contributed by atoms with Crippen LogP contribution in [0.4, 0.5) is 18.9 Å². The number of hydrogen-bond acceptors (Lipinski definition) is 2. The highest BCUT2D eigenvalue weighted by atomic mass is 35.5. The van der Waals surface area contributed by atoms with Crippen LogP contribution in [0.15, 0.2) is 30.5 Å². The normalized spacial score (nSPS) is 12.6. The minimum atomic E-state index is -3.81. The van der Waals surface area contributed by atoms with Crippen LogP contribution in [-0.4, -0.2) is 22.4 Å². The highest BCUT2D eigenvalue weighted by molar-refractivity contribution is 6.31. The molecule has 0 bridgehead atoms. The SMILES string of the molecule is CCC(C)NC(=O)C(F)(F)c1cc(C(=O)Nc2ccc(F)c(Cl)c2)cn1C. The average Bonchev–Trinajstić information content (AvgIpc) is 3.00. The molecule has 0 spiro atoms. The van der Waals surface area contributed by atoms with Gasteiger partial charge in [0.15, 0.2) is 0 Å². The fourth-order valence-corrected chi connectivity index (χ4v) is 2.49. The molecule has 0 aliphatic carbocycles. The van der Waals surface area contributed by atoms with Gasteiger partial charge >= 0.3 is 5.92 Å². The zero-order valence-corrected chi connectivity index (χ0v) is 15.7. The summed E-state index contributed by atoms with van der Waals surface area (Å²) in [6.07, 6.45) is 1.68. The maximum absolute atomic E-state index is 14.5. The third-order valence-electron chi connectivity index (χ3n) is 4.04. The summed E-state index contributed by atoms with van der Waals surface area (Å²) in [5.41, 5.74) is -0.493. The molecule has 1 aromatic carbocycles. The van der Waals surface area contributed by atoms with Crippen molar-refractivity contribution >= 4 is 29.1 Å². The number of carbonyl (C=O) groups excluding carboxylic acids is 2. The topological polar surface area (TPSA) is 63.1 Å². The van der Waals surface area contributed by atoms with Crippen molar-refractivity contribution in [2.75, 3.05) is 5.32 Å². The van der Waals surface area contributed by atoms with Gasteiger partial charge in [-0.2, -0.15) is 8.78 Å². The first-order chi connectivity index (χ1) is 12.6. The number of alkyl halides is 2. The number of halogens is 4. The van der Waals surface area contributed by atoms with E-state index in [0.29, 0.717) is 6.42 Å². The van der Waals surface area contributed by atoms with E-state index in [9.17, 15) is 22.8 Å². The zero-order chi connectivity index (χ0) is 20.4. The van der Waals surface area contributed by atoms with Crippen LogP contribution >= 0.6 is 11.6 Å². The van der Waals surface area contributed by atoms with Crippen molar-refractivity contribution in [2.24, 2.45) is 7.05 Å². The molecule has 0 saturated heterocycles. The first kappa shape index (κ1) is 20.8. The highest BCUT2D eigenvalue weighted by Gasteiger charge is 2.44. The van der Waals surface area contributed by atoms with Gasteiger partial charge in [-0.25, -0.2) is 4.39 Å². The predicted molar refractivity (Wildman–Crippen MR) is 96.6 cm³/mol. The molecule has 2 amide bonds. The molecule has 0 saturated carbocycles.